The zero-order valence-corrected chi connectivity index (χ0v) is 33.4. The summed E-state index contributed by atoms with van der Waals surface area (Å²) in [6.07, 6.45) is -6.46. The maximum atomic E-state index is 14.4. The molecule has 4 atom stereocenters. The molecule has 316 valence electrons. The number of anilines is 1. The molecule has 0 aliphatic carbocycles. The van der Waals surface area contributed by atoms with E-state index in [1.54, 1.807) is 29.6 Å². The number of halogens is 3. The van der Waals surface area contributed by atoms with E-state index in [1.807, 2.05) is 42.5 Å². The van der Waals surface area contributed by atoms with Crippen LogP contribution < -0.4 is 26.6 Å². The second kappa shape index (κ2) is 20.0. The molecule has 1 aromatic heterocycles. The molecule has 0 saturated heterocycles. The van der Waals surface area contributed by atoms with E-state index in [2.05, 4.69) is 26.6 Å². The van der Waals surface area contributed by atoms with Crippen LogP contribution in [0.1, 0.15) is 40.0 Å². The third-order valence-corrected chi connectivity index (χ3v) is 10.9. The van der Waals surface area contributed by atoms with Crippen molar-refractivity contribution >= 4 is 52.5 Å². The van der Waals surface area contributed by atoms with Crippen LogP contribution in [-0.4, -0.2) is 64.8 Å². The molecule has 16 heteroatoms. The summed E-state index contributed by atoms with van der Waals surface area (Å²) in [4.78, 5) is 81.9. The molecule has 0 radical (unpaired) electrons. The Labute approximate surface area is 353 Å². The van der Waals surface area contributed by atoms with E-state index in [0.717, 1.165) is 28.1 Å². The number of alkyl halides is 3. The molecule has 6 N–H and O–H groups in total. The molecule has 12 nitrogen and oxygen atoms in total. The molecule has 0 unspecified atom stereocenters. The summed E-state index contributed by atoms with van der Waals surface area (Å²) in [5, 5.41) is 24.9. The first kappa shape index (κ1) is 43.8. The van der Waals surface area contributed by atoms with Crippen molar-refractivity contribution in [2.45, 2.75) is 68.9 Å². The summed E-state index contributed by atoms with van der Waals surface area (Å²) >= 11 is 1.33. The van der Waals surface area contributed by atoms with E-state index < -0.39 is 77.8 Å². The first-order chi connectivity index (χ1) is 29.2. The standard InChI is InChI=1S/C45H42F3N5O7S/c46-45(47,48)34-11-5-4-9-31(34)25-36-42(57)53-38(44(59)60)24-28-14-18-32(19-15-28)49-39(54)20-21-40(55)50-37(26-33-10-6-22-61-33)43(58)51-35(41(56)52-36)23-27-12-16-30(17-13-27)29-7-2-1-3-8-29/h1-19,22,35-38H,20-21,23-26H2,(H,49,54)(H,50,55)(H,51,58)(H,52,56)(H,53,57)(H,59,60)/t35-,36+,37+,38+/m0/s1. The van der Waals surface area contributed by atoms with Crippen LogP contribution in [0.25, 0.3) is 11.1 Å². The van der Waals surface area contributed by atoms with Crippen molar-refractivity contribution in [1.82, 2.24) is 21.3 Å². The van der Waals surface area contributed by atoms with Crippen molar-refractivity contribution in [2.75, 3.05) is 5.32 Å². The van der Waals surface area contributed by atoms with Crippen molar-refractivity contribution in [3.63, 3.8) is 0 Å². The van der Waals surface area contributed by atoms with Crippen LogP contribution in [0.4, 0.5) is 18.9 Å². The SMILES string of the molecule is O=C1CCC(=O)N[C@H](Cc2cccs2)C(=O)N[C@@H](Cc2ccc(-c3ccccc3)cc2)C(=O)N[C@H](Cc2ccccc2C(F)(F)F)C(=O)N[C@@H](C(=O)O)Cc2ccc(cc2)N1. The van der Waals surface area contributed by atoms with Crippen LogP contribution in [0.2, 0.25) is 0 Å². The zero-order chi connectivity index (χ0) is 43.5. The lowest BCUT2D eigenvalue weighted by Crippen LogP contribution is -2.59. The van der Waals surface area contributed by atoms with Gasteiger partial charge in [0.15, 0.2) is 0 Å². The highest BCUT2D eigenvalue weighted by Gasteiger charge is 2.36. The molecular formula is C45H42F3N5O7S. The minimum Gasteiger partial charge on any atom is -0.480 e. The Bertz CT molecular complexity index is 2340. The Morgan fingerprint density at radius 2 is 1.21 bits per heavy atom. The molecule has 5 amide bonds. The molecule has 2 aliphatic heterocycles. The topological polar surface area (TPSA) is 183 Å². The van der Waals surface area contributed by atoms with Crippen LogP contribution in [0.15, 0.2) is 121 Å². The molecule has 2 aliphatic rings. The number of aliphatic carboxylic acids is 1. The van der Waals surface area contributed by atoms with Crippen LogP contribution in [0, 0.1) is 0 Å². The van der Waals surface area contributed by atoms with Crippen molar-refractivity contribution < 1.29 is 47.0 Å². The Morgan fingerprint density at radius 3 is 1.85 bits per heavy atom. The monoisotopic (exact) mass is 853 g/mol. The van der Waals surface area contributed by atoms with Crippen molar-refractivity contribution in [3.8, 4) is 11.1 Å². The second-order valence-electron chi connectivity index (χ2n) is 14.5. The van der Waals surface area contributed by atoms with E-state index in [4.69, 9.17) is 0 Å². The van der Waals surface area contributed by atoms with E-state index in [1.165, 1.54) is 47.7 Å². The van der Waals surface area contributed by atoms with Crippen molar-refractivity contribution in [2.24, 2.45) is 0 Å². The Kier molecular flexibility index (Phi) is 14.3. The normalized spacial score (nSPS) is 19.7. The Hall–Kier alpha value is -6.81. The number of hydrogen-bond donors (Lipinski definition) is 6. The number of carbonyl (C=O) groups is 6. The lowest BCUT2D eigenvalue weighted by Gasteiger charge is -2.27. The molecule has 0 fully saturated rings. The van der Waals surface area contributed by atoms with Gasteiger partial charge in [-0.1, -0.05) is 91.0 Å². The van der Waals surface area contributed by atoms with Gasteiger partial charge in [0.05, 0.1) is 5.56 Å². The minimum absolute atomic E-state index is 0.0176. The van der Waals surface area contributed by atoms with Gasteiger partial charge in [0.1, 0.15) is 24.2 Å². The number of amides is 5. The summed E-state index contributed by atoms with van der Waals surface area (Å²) in [6.45, 7) is 0. The number of benzene rings is 4. The fraction of sp³-hybridized carbons (Fsp3) is 0.244. The van der Waals surface area contributed by atoms with Gasteiger partial charge >= 0.3 is 12.1 Å². The number of rotatable bonds is 8. The summed E-state index contributed by atoms with van der Waals surface area (Å²) in [5.74, 6) is -5.42. The number of carboxylic acids is 1. The summed E-state index contributed by atoms with van der Waals surface area (Å²) in [5.41, 5.74) is 1.72. The fourth-order valence-electron chi connectivity index (χ4n) is 6.85. The van der Waals surface area contributed by atoms with Gasteiger partial charge in [-0.2, -0.15) is 13.2 Å². The van der Waals surface area contributed by atoms with Gasteiger partial charge in [0.2, 0.25) is 29.5 Å². The fourth-order valence-corrected chi connectivity index (χ4v) is 7.60. The number of hydrogen-bond acceptors (Lipinski definition) is 7. The molecule has 4 aromatic carbocycles. The molecule has 0 spiro atoms. The molecule has 61 heavy (non-hydrogen) atoms. The third-order valence-electron chi connectivity index (χ3n) is 10.0. The summed E-state index contributed by atoms with van der Waals surface area (Å²) < 4.78 is 42.6. The van der Waals surface area contributed by atoms with Gasteiger partial charge < -0.3 is 31.7 Å². The molecule has 7 rings (SSSR count). The molecular weight excluding hydrogens is 812 g/mol. The van der Waals surface area contributed by atoms with Gasteiger partial charge in [-0.15, -0.1) is 11.3 Å². The summed E-state index contributed by atoms with van der Waals surface area (Å²) in [6, 6.07) is 24.6. The highest BCUT2D eigenvalue weighted by Crippen LogP contribution is 2.32. The number of fused-ring (bicyclic) bond motifs is 18. The van der Waals surface area contributed by atoms with E-state index >= 15 is 0 Å². The number of carbonyl (C=O) groups excluding carboxylic acids is 5. The van der Waals surface area contributed by atoms with Crippen LogP contribution in [0.5, 0.6) is 0 Å². The highest BCUT2D eigenvalue weighted by atomic mass is 32.1. The van der Waals surface area contributed by atoms with E-state index in [0.29, 0.717) is 16.8 Å². The molecule has 5 aromatic rings. The maximum Gasteiger partial charge on any atom is 0.416 e. The van der Waals surface area contributed by atoms with Gasteiger partial charge in [0.25, 0.3) is 0 Å². The maximum absolute atomic E-state index is 14.4. The third kappa shape index (κ3) is 12.4. The largest absolute Gasteiger partial charge is 0.480 e. The first-order valence-corrected chi connectivity index (χ1v) is 20.2. The number of carboxylic acid groups (broad SMARTS) is 1. The lowest BCUT2D eigenvalue weighted by atomic mass is 9.97. The van der Waals surface area contributed by atoms with E-state index in [9.17, 15) is 47.0 Å². The van der Waals surface area contributed by atoms with Crippen molar-refractivity contribution in [1.29, 1.82) is 0 Å². The average molecular weight is 854 g/mol. The molecule has 0 saturated carbocycles. The Balaban J connectivity index is 1.38. The van der Waals surface area contributed by atoms with Gasteiger partial charge in [-0.25, -0.2) is 4.79 Å². The van der Waals surface area contributed by atoms with Crippen LogP contribution in [-0.2, 0) is 60.6 Å². The Morgan fingerprint density at radius 1 is 0.623 bits per heavy atom. The second-order valence-corrected chi connectivity index (χ2v) is 15.5. The van der Waals surface area contributed by atoms with Gasteiger partial charge in [0, 0.05) is 49.1 Å². The number of thiophene rings is 1. The summed E-state index contributed by atoms with van der Waals surface area (Å²) in [7, 11) is 0. The van der Waals surface area contributed by atoms with Crippen LogP contribution >= 0.6 is 11.3 Å². The lowest BCUT2D eigenvalue weighted by molar-refractivity contribution is -0.142. The number of nitrogens with one attached hydrogen (secondary N) is 5. The average Bonchev–Trinajstić information content (AvgIpc) is 3.76. The minimum atomic E-state index is -4.83. The van der Waals surface area contributed by atoms with Crippen LogP contribution in [0.3, 0.4) is 0 Å². The van der Waals surface area contributed by atoms with Crippen molar-refractivity contribution in [3.05, 3.63) is 148 Å². The smallest absolute Gasteiger partial charge is 0.416 e. The van der Waals surface area contributed by atoms with Gasteiger partial charge in [-0.3, -0.25) is 24.0 Å². The predicted molar refractivity (Wildman–Crippen MR) is 222 cm³/mol. The zero-order valence-electron chi connectivity index (χ0n) is 32.5. The van der Waals surface area contributed by atoms with E-state index in [-0.39, 0.29) is 37.7 Å². The first-order valence-electron chi connectivity index (χ1n) is 19.4. The quantitative estimate of drug-likeness (QED) is 0.112. The predicted octanol–water partition coefficient (Wildman–Crippen LogP) is 5.46. The highest BCUT2D eigenvalue weighted by molar-refractivity contribution is 7.09. The molecule has 3 heterocycles. The molecule has 2 bridgehead atoms. The van der Waals surface area contributed by atoms with Gasteiger partial charge in [-0.05, 0) is 57.5 Å².